The first kappa shape index (κ1) is 11.4. The molecule has 2 fully saturated rings. The van der Waals surface area contributed by atoms with Crippen LogP contribution in [0.25, 0.3) is 0 Å². The molecule has 2 saturated heterocycles. The normalized spacial score (nSPS) is 36.2. The van der Waals surface area contributed by atoms with Gasteiger partial charge < -0.3 is 10.2 Å². The molecule has 88 valence electrons. The number of piperidine rings is 1. The van der Waals surface area contributed by atoms with E-state index in [-0.39, 0.29) is 0 Å². The second-order valence-electron chi connectivity index (χ2n) is 6.74. The van der Waals surface area contributed by atoms with Crippen LogP contribution in [0.5, 0.6) is 0 Å². The van der Waals surface area contributed by atoms with Crippen molar-refractivity contribution in [1.82, 2.24) is 10.2 Å². The molecular formula is C13H26N2. The highest BCUT2D eigenvalue weighted by molar-refractivity contribution is 4.95. The Morgan fingerprint density at radius 3 is 2.13 bits per heavy atom. The zero-order valence-corrected chi connectivity index (χ0v) is 10.7. The molecule has 2 nitrogen and oxygen atoms in total. The Hall–Kier alpha value is -0.0800. The minimum Gasteiger partial charge on any atom is -0.311 e. The molecule has 0 radical (unpaired) electrons. The molecule has 0 aromatic heterocycles. The van der Waals surface area contributed by atoms with Gasteiger partial charge in [-0.2, -0.15) is 0 Å². The van der Waals surface area contributed by atoms with Crippen molar-refractivity contribution in [2.75, 3.05) is 13.6 Å². The zero-order chi connectivity index (χ0) is 11.1. The highest BCUT2D eigenvalue weighted by atomic mass is 15.2. The SMILES string of the molecule is CN(CC(C)(C)C)C1CC2CCC(C1)N2. The molecule has 2 aliphatic heterocycles. The van der Waals surface area contributed by atoms with Crippen LogP contribution >= 0.6 is 0 Å². The van der Waals surface area contributed by atoms with Crippen molar-refractivity contribution in [3.05, 3.63) is 0 Å². The highest BCUT2D eigenvalue weighted by Crippen LogP contribution is 2.30. The summed E-state index contributed by atoms with van der Waals surface area (Å²) in [6.07, 6.45) is 5.54. The maximum absolute atomic E-state index is 3.71. The van der Waals surface area contributed by atoms with Crippen LogP contribution in [0.4, 0.5) is 0 Å². The van der Waals surface area contributed by atoms with Crippen LogP contribution in [-0.4, -0.2) is 36.6 Å². The van der Waals surface area contributed by atoms with E-state index in [4.69, 9.17) is 0 Å². The summed E-state index contributed by atoms with van der Waals surface area (Å²) in [5.41, 5.74) is 0.429. The van der Waals surface area contributed by atoms with E-state index in [2.05, 4.69) is 38.0 Å². The summed E-state index contributed by atoms with van der Waals surface area (Å²) >= 11 is 0. The van der Waals surface area contributed by atoms with Gasteiger partial charge in [0.2, 0.25) is 0 Å². The van der Waals surface area contributed by atoms with Crippen LogP contribution in [0.15, 0.2) is 0 Å². The van der Waals surface area contributed by atoms with Gasteiger partial charge in [0.1, 0.15) is 0 Å². The molecule has 2 unspecified atom stereocenters. The molecule has 1 N–H and O–H groups in total. The van der Waals surface area contributed by atoms with Crippen molar-refractivity contribution in [2.45, 2.75) is 64.6 Å². The van der Waals surface area contributed by atoms with E-state index in [0.717, 1.165) is 18.1 Å². The number of nitrogens with one attached hydrogen (secondary N) is 1. The summed E-state index contributed by atoms with van der Waals surface area (Å²) in [5.74, 6) is 0. The molecule has 0 aliphatic carbocycles. The molecule has 0 amide bonds. The van der Waals surface area contributed by atoms with E-state index >= 15 is 0 Å². The fourth-order valence-electron chi connectivity index (χ4n) is 3.26. The van der Waals surface area contributed by atoms with Crippen molar-refractivity contribution < 1.29 is 0 Å². The molecule has 2 aliphatic rings. The standard InChI is InChI=1S/C13H26N2/c1-13(2,3)9-15(4)12-7-10-5-6-11(8-12)14-10/h10-12,14H,5-9H2,1-4H3. The van der Waals surface area contributed by atoms with Crippen molar-refractivity contribution >= 4 is 0 Å². The Balaban J connectivity index is 1.88. The van der Waals surface area contributed by atoms with E-state index in [0.29, 0.717) is 5.41 Å². The fraction of sp³-hybridized carbons (Fsp3) is 1.00. The fourth-order valence-corrected chi connectivity index (χ4v) is 3.26. The molecule has 0 saturated carbocycles. The Morgan fingerprint density at radius 2 is 1.67 bits per heavy atom. The molecule has 15 heavy (non-hydrogen) atoms. The molecule has 2 rings (SSSR count). The quantitative estimate of drug-likeness (QED) is 0.752. The van der Waals surface area contributed by atoms with Crippen LogP contribution in [0.1, 0.15) is 46.5 Å². The smallest absolute Gasteiger partial charge is 0.0122 e. The maximum Gasteiger partial charge on any atom is 0.0122 e. The second-order valence-corrected chi connectivity index (χ2v) is 6.74. The van der Waals surface area contributed by atoms with Gasteiger partial charge in [0.05, 0.1) is 0 Å². The van der Waals surface area contributed by atoms with Crippen LogP contribution in [-0.2, 0) is 0 Å². The van der Waals surface area contributed by atoms with E-state index in [1.807, 2.05) is 0 Å². The third-order valence-corrected chi connectivity index (χ3v) is 3.80. The van der Waals surface area contributed by atoms with Crippen LogP contribution < -0.4 is 5.32 Å². The monoisotopic (exact) mass is 210 g/mol. The lowest BCUT2D eigenvalue weighted by Gasteiger charge is -2.38. The van der Waals surface area contributed by atoms with E-state index in [1.54, 1.807) is 0 Å². The van der Waals surface area contributed by atoms with Gasteiger partial charge in [-0.25, -0.2) is 0 Å². The topological polar surface area (TPSA) is 15.3 Å². The van der Waals surface area contributed by atoms with Crippen molar-refractivity contribution in [1.29, 1.82) is 0 Å². The Bertz CT molecular complexity index is 207. The second kappa shape index (κ2) is 4.06. The summed E-state index contributed by atoms with van der Waals surface area (Å²) in [6, 6.07) is 2.45. The first-order valence-electron chi connectivity index (χ1n) is 6.40. The average Bonchev–Trinajstić information content (AvgIpc) is 2.42. The van der Waals surface area contributed by atoms with E-state index in [1.165, 1.54) is 32.2 Å². The molecule has 0 spiro atoms. The summed E-state index contributed by atoms with van der Waals surface area (Å²) < 4.78 is 0. The lowest BCUT2D eigenvalue weighted by Crippen LogP contribution is -2.48. The predicted octanol–water partition coefficient (Wildman–Crippen LogP) is 2.25. The van der Waals surface area contributed by atoms with Gasteiger partial charge in [0.25, 0.3) is 0 Å². The molecule has 0 aromatic rings. The number of nitrogens with zero attached hydrogens (tertiary/aromatic N) is 1. The van der Waals surface area contributed by atoms with Gasteiger partial charge in [0.15, 0.2) is 0 Å². The first-order chi connectivity index (χ1) is 6.94. The molecule has 2 heterocycles. The molecule has 2 atom stereocenters. The van der Waals surface area contributed by atoms with Gasteiger partial charge in [-0.15, -0.1) is 0 Å². The summed E-state index contributed by atoms with van der Waals surface area (Å²) in [4.78, 5) is 2.59. The summed E-state index contributed by atoms with van der Waals surface area (Å²) in [5, 5.41) is 3.71. The predicted molar refractivity (Wildman–Crippen MR) is 65.1 cm³/mol. The lowest BCUT2D eigenvalue weighted by molar-refractivity contribution is 0.129. The first-order valence-corrected chi connectivity index (χ1v) is 6.40. The molecule has 2 heteroatoms. The largest absolute Gasteiger partial charge is 0.311 e. The third kappa shape index (κ3) is 2.94. The van der Waals surface area contributed by atoms with Crippen LogP contribution in [0.3, 0.4) is 0 Å². The molecule has 0 aromatic carbocycles. The molecule has 2 bridgehead atoms. The van der Waals surface area contributed by atoms with Gasteiger partial charge in [-0.1, -0.05) is 20.8 Å². The highest BCUT2D eigenvalue weighted by Gasteiger charge is 2.35. The van der Waals surface area contributed by atoms with Crippen LogP contribution in [0.2, 0.25) is 0 Å². The minimum atomic E-state index is 0.429. The van der Waals surface area contributed by atoms with Crippen LogP contribution in [0, 0.1) is 5.41 Å². The van der Waals surface area contributed by atoms with Crippen molar-refractivity contribution in [3.63, 3.8) is 0 Å². The van der Waals surface area contributed by atoms with Gasteiger partial charge in [0, 0.05) is 24.7 Å². The minimum absolute atomic E-state index is 0.429. The number of hydrogen-bond acceptors (Lipinski definition) is 2. The van der Waals surface area contributed by atoms with Crippen molar-refractivity contribution in [2.24, 2.45) is 5.41 Å². The Kier molecular flexibility index (Phi) is 3.09. The van der Waals surface area contributed by atoms with Gasteiger partial charge >= 0.3 is 0 Å². The number of rotatable bonds is 2. The van der Waals surface area contributed by atoms with E-state index < -0.39 is 0 Å². The Morgan fingerprint density at radius 1 is 1.13 bits per heavy atom. The summed E-state index contributed by atoms with van der Waals surface area (Å²) in [6.45, 7) is 8.22. The summed E-state index contributed by atoms with van der Waals surface area (Å²) in [7, 11) is 2.31. The molecular weight excluding hydrogens is 184 g/mol. The Labute approximate surface area is 94.4 Å². The van der Waals surface area contributed by atoms with E-state index in [9.17, 15) is 0 Å². The lowest BCUT2D eigenvalue weighted by atomic mass is 9.92. The number of hydrogen-bond donors (Lipinski definition) is 1. The zero-order valence-electron chi connectivity index (χ0n) is 10.7. The maximum atomic E-state index is 3.71. The van der Waals surface area contributed by atoms with Gasteiger partial charge in [-0.3, -0.25) is 0 Å². The van der Waals surface area contributed by atoms with Gasteiger partial charge in [-0.05, 0) is 38.1 Å². The average molecular weight is 210 g/mol. The van der Waals surface area contributed by atoms with Crippen molar-refractivity contribution in [3.8, 4) is 0 Å². The number of fused-ring (bicyclic) bond motifs is 2. The third-order valence-electron chi connectivity index (χ3n) is 3.80.